The number of fused-ring (bicyclic) bond motifs is 1. The molecule has 0 aliphatic rings. The van der Waals surface area contributed by atoms with Crippen LogP contribution in [-0.4, -0.2) is 62.7 Å². The number of carboxylic acid groups (broad SMARTS) is 1. The van der Waals surface area contributed by atoms with E-state index in [1.807, 2.05) is 0 Å². The highest BCUT2D eigenvalue weighted by atomic mass is 32.1. The third-order valence-electron chi connectivity index (χ3n) is 5.31. The summed E-state index contributed by atoms with van der Waals surface area (Å²) in [6.45, 7) is 8.42. The lowest BCUT2D eigenvalue weighted by Gasteiger charge is -2.32. The van der Waals surface area contributed by atoms with Crippen LogP contribution in [0.5, 0.6) is 5.75 Å². The van der Waals surface area contributed by atoms with Crippen molar-refractivity contribution in [2.75, 3.05) is 19.6 Å². The fourth-order valence-corrected chi connectivity index (χ4v) is 4.67. The number of nitrogens with zero attached hydrogens (tertiary/aromatic N) is 2. The molecular formula is C22H31N3O5S. The first-order valence-electron chi connectivity index (χ1n) is 10.6. The number of rotatable bonds is 12. The standard InChI is InChI=1S/C22H31N3O5S/c1-4-7-16(8-5-2)25(18(27)6-3)14-13-24(22(29)30)12-11-15-9-10-17(26)19-20(15)31-21(28)23-19/h6,9-10,16,26H,3-5,7-8,11-14H2,1-2H3,(H,23,28)(H,29,30). The zero-order valence-corrected chi connectivity index (χ0v) is 18.9. The van der Waals surface area contributed by atoms with E-state index in [9.17, 15) is 24.6 Å². The second kappa shape index (κ2) is 11.5. The Morgan fingerprint density at radius 1 is 1.19 bits per heavy atom. The lowest BCUT2D eigenvalue weighted by molar-refractivity contribution is -0.128. The molecule has 0 atom stereocenters. The summed E-state index contributed by atoms with van der Waals surface area (Å²) < 4.78 is 0.629. The maximum absolute atomic E-state index is 12.4. The van der Waals surface area contributed by atoms with E-state index in [0.29, 0.717) is 23.2 Å². The van der Waals surface area contributed by atoms with Gasteiger partial charge in [-0.15, -0.1) is 0 Å². The van der Waals surface area contributed by atoms with Gasteiger partial charge in [0.15, 0.2) is 0 Å². The van der Waals surface area contributed by atoms with Crippen LogP contribution in [0.4, 0.5) is 4.79 Å². The smallest absolute Gasteiger partial charge is 0.407 e. The van der Waals surface area contributed by atoms with E-state index in [4.69, 9.17) is 0 Å². The maximum atomic E-state index is 12.4. The average molecular weight is 450 g/mol. The summed E-state index contributed by atoms with van der Waals surface area (Å²) in [6, 6.07) is 3.26. The summed E-state index contributed by atoms with van der Waals surface area (Å²) in [5, 5.41) is 19.6. The summed E-state index contributed by atoms with van der Waals surface area (Å²) in [5.41, 5.74) is 1.16. The van der Waals surface area contributed by atoms with Crippen molar-refractivity contribution in [2.24, 2.45) is 0 Å². The van der Waals surface area contributed by atoms with Gasteiger partial charge in [-0.05, 0) is 37.0 Å². The molecule has 31 heavy (non-hydrogen) atoms. The number of amides is 2. The SMILES string of the molecule is C=CC(=O)N(CCN(CCc1ccc(O)c2[nH]c(=O)sc12)C(=O)O)C(CCC)CCC. The molecule has 1 aromatic carbocycles. The topological polar surface area (TPSA) is 114 Å². The Morgan fingerprint density at radius 3 is 2.45 bits per heavy atom. The second-order valence-corrected chi connectivity index (χ2v) is 8.43. The van der Waals surface area contributed by atoms with Crippen LogP contribution in [0.1, 0.15) is 45.1 Å². The van der Waals surface area contributed by atoms with Crippen LogP contribution in [0.15, 0.2) is 29.6 Å². The average Bonchev–Trinajstić information content (AvgIpc) is 3.13. The molecule has 2 aromatic rings. The lowest BCUT2D eigenvalue weighted by Crippen LogP contribution is -2.45. The van der Waals surface area contributed by atoms with Gasteiger partial charge in [-0.2, -0.15) is 0 Å². The van der Waals surface area contributed by atoms with Gasteiger partial charge in [0, 0.05) is 25.7 Å². The quantitative estimate of drug-likeness (QED) is 0.427. The molecule has 8 nitrogen and oxygen atoms in total. The summed E-state index contributed by atoms with van der Waals surface area (Å²) >= 11 is 0.992. The molecule has 1 heterocycles. The van der Waals surface area contributed by atoms with Crippen LogP contribution in [0.2, 0.25) is 0 Å². The number of aromatic amines is 1. The van der Waals surface area contributed by atoms with E-state index in [1.165, 1.54) is 17.0 Å². The number of hydrogen-bond donors (Lipinski definition) is 3. The Kier molecular flexibility index (Phi) is 9.11. The molecule has 9 heteroatoms. The number of H-pyrrole nitrogens is 1. The Bertz CT molecular complexity index is 962. The number of carbonyl (C=O) groups excluding carboxylic acids is 1. The molecule has 1 aromatic heterocycles. The molecule has 0 spiro atoms. The van der Waals surface area contributed by atoms with Crippen LogP contribution in [-0.2, 0) is 11.2 Å². The first-order chi connectivity index (χ1) is 14.8. The molecule has 0 unspecified atom stereocenters. The number of aromatic nitrogens is 1. The minimum atomic E-state index is -1.06. The van der Waals surface area contributed by atoms with Crippen LogP contribution in [0.3, 0.4) is 0 Å². The highest BCUT2D eigenvalue weighted by Crippen LogP contribution is 2.28. The predicted octanol–water partition coefficient (Wildman–Crippen LogP) is 3.80. The van der Waals surface area contributed by atoms with E-state index in [1.54, 1.807) is 11.0 Å². The maximum Gasteiger partial charge on any atom is 0.407 e. The van der Waals surface area contributed by atoms with Gasteiger partial charge >= 0.3 is 11.0 Å². The molecule has 0 saturated heterocycles. The van der Waals surface area contributed by atoms with Crippen LogP contribution in [0, 0.1) is 0 Å². The zero-order valence-electron chi connectivity index (χ0n) is 18.1. The van der Waals surface area contributed by atoms with Gasteiger partial charge in [-0.1, -0.05) is 50.7 Å². The minimum absolute atomic E-state index is 0.0105. The molecule has 0 aliphatic heterocycles. The highest BCUT2D eigenvalue weighted by Gasteiger charge is 2.23. The Morgan fingerprint density at radius 2 is 1.87 bits per heavy atom. The molecule has 170 valence electrons. The monoisotopic (exact) mass is 449 g/mol. The van der Waals surface area contributed by atoms with Crippen LogP contribution >= 0.6 is 11.3 Å². The third-order valence-corrected chi connectivity index (χ3v) is 6.27. The van der Waals surface area contributed by atoms with Gasteiger partial charge < -0.3 is 25.0 Å². The normalized spacial score (nSPS) is 11.1. The predicted molar refractivity (Wildman–Crippen MR) is 123 cm³/mol. The number of carbonyl (C=O) groups is 2. The Labute approximate surface area is 185 Å². The van der Waals surface area contributed by atoms with E-state index < -0.39 is 6.09 Å². The van der Waals surface area contributed by atoms with E-state index in [2.05, 4.69) is 25.4 Å². The third kappa shape index (κ3) is 6.33. The number of benzene rings is 1. The highest BCUT2D eigenvalue weighted by molar-refractivity contribution is 7.16. The van der Waals surface area contributed by atoms with Crippen molar-refractivity contribution in [3.63, 3.8) is 0 Å². The van der Waals surface area contributed by atoms with E-state index in [-0.39, 0.29) is 35.7 Å². The zero-order chi connectivity index (χ0) is 23.0. The van der Waals surface area contributed by atoms with Gasteiger partial charge in [-0.25, -0.2) is 4.79 Å². The molecule has 2 rings (SSSR count). The number of phenols is 1. The van der Waals surface area contributed by atoms with Crippen molar-refractivity contribution < 1.29 is 19.8 Å². The summed E-state index contributed by atoms with van der Waals surface area (Å²) in [6.07, 6.45) is 4.20. The van der Waals surface area contributed by atoms with Gasteiger partial charge in [0.05, 0.1) is 4.70 Å². The first kappa shape index (κ1) is 24.5. The van der Waals surface area contributed by atoms with Crippen molar-refractivity contribution >= 4 is 33.6 Å². The fourth-order valence-electron chi connectivity index (χ4n) is 3.77. The minimum Gasteiger partial charge on any atom is -0.506 e. The Balaban J connectivity index is 2.12. The summed E-state index contributed by atoms with van der Waals surface area (Å²) in [4.78, 5) is 41.3. The van der Waals surface area contributed by atoms with Crippen molar-refractivity contribution in [3.8, 4) is 5.75 Å². The number of thiazole rings is 1. The lowest BCUT2D eigenvalue weighted by atomic mass is 10.0. The second-order valence-electron chi connectivity index (χ2n) is 7.45. The molecular weight excluding hydrogens is 418 g/mol. The number of aromatic hydroxyl groups is 1. The van der Waals surface area contributed by atoms with Crippen molar-refractivity contribution in [3.05, 3.63) is 40.0 Å². The molecule has 0 fully saturated rings. The van der Waals surface area contributed by atoms with Crippen molar-refractivity contribution in [1.29, 1.82) is 0 Å². The fraction of sp³-hybridized carbons (Fsp3) is 0.500. The van der Waals surface area contributed by atoms with Crippen molar-refractivity contribution in [1.82, 2.24) is 14.8 Å². The summed E-state index contributed by atoms with van der Waals surface area (Å²) in [7, 11) is 0. The Hall–Kier alpha value is -2.81. The largest absolute Gasteiger partial charge is 0.506 e. The van der Waals surface area contributed by atoms with Gasteiger partial charge in [0.25, 0.3) is 0 Å². The van der Waals surface area contributed by atoms with Crippen molar-refractivity contribution in [2.45, 2.75) is 52.0 Å². The van der Waals surface area contributed by atoms with Crippen LogP contribution < -0.4 is 4.87 Å². The molecule has 0 bridgehead atoms. The summed E-state index contributed by atoms with van der Waals surface area (Å²) in [5.74, 6) is -0.196. The number of nitrogens with one attached hydrogen (secondary N) is 1. The molecule has 2 amide bonds. The van der Waals surface area contributed by atoms with Gasteiger partial charge in [0.2, 0.25) is 5.91 Å². The first-order valence-corrected chi connectivity index (χ1v) is 11.4. The van der Waals surface area contributed by atoms with Gasteiger partial charge in [0.1, 0.15) is 11.3 Å². The van der Waals surface area contributed by atoms with E-state index in [0.717, 1.165) is 42.6 Å². The number of hydrogen-bond acceptors (Lipinski definition) is 5. The van der Waals surface area contributed by atoms with Crippen LogP contribution in [0.25, 0.3) is 10.2 Å². The van der Waals surface area contributed by atoms with Gasteiger partial charge in [-0.3, -0.25) is 9.59 Å². The van der Waals surface area contributed by atoms with E-state index >= 15 is 0 Å². The number of phenolic OH excluding ortho intramolecular Hbond substituents is 1. The molecule has 0 radical (unpaired) electrons. The molecule has 0 saturated carbocycles. The molecule has 0 aliphatic carbocycles. The molecule has 3 N–H and O–H groups in total.